The van der Waals surface area contributed by atoms with E-state index in [-0.39, 0.29) is 11.8 Å². The number of amides is 1. The van der Waals surface area contributed by atoms with Gasteiger partial charge in [-0.2, -0.15) is 0 Å². The van der Waals surface area contributed by atoms with Gasteiger partial charge >= 0.3 is 0 Å². The smallest absolute Gasteiger partial charge is 0.241 e. The van der Waals surface area contributed by atoms with Gasteiger partial charge in [0.15, 0.2) is 0 Å². The maximum atomic E-state index is 10.8. The SMILES string of the molecule is CCC[N+](CC=CC(N)=O)(CCC)C(C)CCS(=O)(=O)[O-]. The lowest BCUT2D eigenvalue weighted by Crippen LogP contribution is -2.55. The van der Waals surface area contributed by atoms with Crippen molar-refractivity contribution >= 4 is 16.0 Å². The first-order valence-corrected chi connectivity index (χ1v) is 9.00. The van der Waals surface area contributed by atoms with E-state index in [1.54, 1.807) is 6.08 Å². The Kier molecular flexibility index (Phi) is 8.77. The van der Waals surface area contributed by atoms with Gasteiger partial charge in [0.2, 0.25) is 5.91 Å². The first kappa shape index (κ1) is 20.1. The molecule has 0 aliphatic rings. The first-order valence-electron chi connectivity index (χ1n) is 7.42. The molecule has 1 atom stereocenters. The van der Waals surface area contributed by atoms with Gasteiger partial charge in [-0.15, -0.1) is 0 Å². The van der Waals surface area contributed by atoms with Crippen molar-refractivity contribution in [3.63, 3.8) is 0 Å². The van der Waals surface area contributed by atoms with Gasteiger partial charge in [0.05, 0.1) is 35.8 Å². The number of carbonyl (C=O) groups is 1. The predicted octanol–water partition coefficient (Wildman–Crippen LogP) is 0.989. The number of hydrogen-bond donors (Lipinski definition) is 1. The molecule has 2 N–H and O–H groups in total. The van der Waals surface area contributed by atoms with Gasteiger partial charge < -0.3 is 14.8 Å². The second kappa shape index (κ2) is 9.17. The molecule has 0 heterocycles. The van der Waals surface area contributed by atoms with E-state index in [0.29, 0.717) is 17.4 Å². The molecule has 0 rings (SSSR count). The molecular weight excluding hydrogens is 292 g/mol. The number of quaternary nitrogens is 1. The second-order valence-corrected chi connectivity index (χ2v) is 7.08. The first-order chi connectivity index (χ1) is 9.67. The standard InChI is InChI=1S/C14H28N2O4S/c1-4-9-16(10-5-2,11-6-7-14(15)17)13(3)8-12-21(18,19)20/h6-7,13H,4-5,8-12H2,1-3H3,(H2-,15,17,18,19,20). The molecule has 0 saturated carbocycles. The van der Waals surface area contributed by atoms with E-state index in [9.17, 15) is 17.8 Å². The number of hydrogen-bond acceptors (Lipinski definition) is 4. The Morgan fingerprint density at radius 2 is 1.81 bits per heavy atom. The molecule has 7 heteroatoms. The Morgan fingerprint density at radius 3 is 2.19 bits per heavy atom. The summed E-state index contributed by atoms with van der Waals surface area (Å²) in [4.78, 5) is 10.8. The molecule has 0 aromatic heterocycles. The molecule has 0 bridgehead atoms. The minimum Gasteiger partial charge on any atom is -0.748 e. The average molecular weight is 320 g/mol. The van der Waals surface area contributed by atoms with Crippen LogP contribution >= 0.6 is 0 Å². The summed E-state index contributed by atoms with van der Waals surface area (Å²) in [5.41, 5.74) is 5.11. The molecule has 0 fully saturated rings. The van der Waals surface area contributed by atoms with Crippen LogP contribution in [0.25, 0.3) is 0 Å². The molecule has 124 valence electrons. The van der Waals surface area contributed by atoms with E-state index >= 15 is 0 Å². The van der Waals surface area contributed by atoms with Crippen LogP contribution in [-0.4, -0.2) is 54.8 Å². The topological polar surface area (TPSA) is 100 Å². The maximum absolute atomic E-state index is 10.8. The van der Waals surface area contributed by atoms with Crippen LogP contribution in [-0.2, 0) is 14.9 Å². The Morgan fingerprint density at radius 1 is 1.29 bits per heavy atom. The van der Waals surface area contributed by atoms with Crippen LogP contribution in [0.15, 0.2) is 12.2 Å². The van der Waals surface area contributed by atoms with Crippen molar-refractivity contribution in [3.8, 4) is 0 Å². The van der Waals surface area contributed by atoms with Gasteiger partial charge in [-0.05, 0) is 25.8 Å². The lowest BCUT2D eigenvalue weighted by atomic mass is 10.1. The van der Waals surface area contributed by atoms with Crippen LogP contribution in [0.2, 0.25) is 0 Å². The van der Waals surface area contributed by atoms with Crippen molar-refractivity contribution in [1.29, 1.82) is 0 Å². The Hall–Kier alpha value is -0.920. The van der Waals surface area contributed by atoms with Gasteiger partial charge in [0, 0.05) is 18.2 Å². The minimum atomic E-state index is -4.20. The normalized spacial score (nSPS) is 14.5. The van der Waals surface area contributed by atoms with Crippen molar-refractivity contribution in [1.82, 2.24) is 0 Å². The van der Waals surface area contributed by atoms with Gasteiger partial charge in [0.1, 0.15) is 0 Å². The number of nitrogens with zero attached hydrogens (tertiary/aromatic N) is 1. The lowest BCUT2D eigenvalue weighted by molar-refractivity contribution is -0.944. The van der Waals surface area contributed by atoms with Crippen LogP contribution < -0.4 is 5.73 Å². The van der Waals surface area contributed by atoms with Crippen molar-refractivity contribution in [2.24, 2.45) is 5.73 Å². The van der Waals surface area contributed by atoms with E-state index in [0.717, 1.165) is 25.9 Å². The number of nitrogens with two attached hydrogens (primary N) is 1. The minimum absolute atomic E-state index is 0.0335. The number of carbonyl (C=O) groups excluding carboxylic acids is 1. The van der Waals surface area contributed by atoms with Gasteiger partial charge in [-0.25, -0.2) is 8.42 Å². The van der Waals surface area contributed by atoms with Crippen molar-refractivity contribution in [2.45, 2.75) is 46.1 Å². The summed E-state index contributed by atoms with van der Waals surface area (Å²) >= 11 is 0. The summed E-state index contributed by atoms with van der Waals surface area (Å²) in [6, 6.07) is 0.0335. The highest BCUT2D eigenvalue weighted by molar-refractivity contribution is 7.85. The average Bonchev–Trinajstić information content (AvgIpc) is 2.35. The zero-order valence-electron chi connectivity index (χ0n) is 13.2. The fourth-order valence-electron chi connectivity index (χ4n) is 2.77. The summed E-state index contributed by atoms with van der Waals surface area (Å²) in [5.74, 6) is -0.836. The van der Waals surface area contributed by atoms with E-state index < -0.39 is 16.0 Å². The summed E-state index contributed by atoms with van der Waals surface area (Å²) in [6.45, 7) is 8.46. The second-order valence-electron chi connectivity index (χ2n) is 5.55. The highest BCUT2D eigenvalue weighted by atomic mass is 32.2. The largest absolute Gasteiger partial charge is 0.748 e. The van der Waals surface area contributed by atoms with Crippen LogP contribution in [0.3, 0.4) is 0 Å². The van der Waals surface area contributed by atoms with Gasteiger partial charge in [-0.1, -0.05) is 13.8 Å². The van der Waals surface area contributed by atoms with E-state index in [1.165, 1.54) is 6.08 Å². The quantitative estimate of drug-likeness (QED) is 0.348. The van der Waals surface area contributed by atoms with Gasteiger partial charge in [-0.3, -0.25) is 4.79 Å². The number of rotatable bonds is 11. The third-order valence-electron chi connectivity index (χ3n) is 3.81. The maximum Gasteiger partial charge on any atom is 0.241 e. The molecule has 0 aromatic rings. The highest BCUT2D eigenvalue weighted by Crippen LogP contribution is 2.20. The summed E-state index contributed by atoms with van der Waals surface area (Å²) in [6.07, 6.45) is 5.30. The molecule has 21 heavy (non-hydrogen) atoms. The van der Waals surface area contributed by atoms with Gasteiger partial charge in [0.25, 0.3) is 0 Å². The molecule has 0 radical (unpaired) electrons. The Labute approximate surface area is 128 Å². The van der Waals surface area contributed by atoms with Crippen molar-refractivity contribution < 1.29 is 22.2 Å². The number of primary amides is 1. The van der Waals surface area contributed by atoms with Crippen LogP contribution in [0, 0.1) is 0 Å². The van der Waals surface area contributed by atoms with E-state index in [4.69, 9.17) is 5.73 Å². The molecule has 0 saturated heterocycles. The summed E-state index contributed by atoms with van der Waals surface area (Å²) < 4.78 is 33.2. The third kappa shape index (κ3) is 8.18. The highest BCUT2D eigenvalue weighted by Gasteiger charge is 2.31. The monoisotopic (exact) mass is 320 g/mol. The van der Waals surface area contributed by atoms with Crippen LogP contribution in [0.1, 0.15) is 40.0 Å². The van der Waals surface area contributed by atoms with Crippen molar-refractivity contribution in [3.05, 3.63) is 12.2 Å². The Balaban J connectivity index is 5.09. The molecule has 0 aliphatic carbocycles. The molecule has 0 aliphatic heterocycles. The fraction of sp³-hybridized carbons (Fsp3) is 0.786. The zero-order valence-corrected chi connectivity index (χ0v) is 14.1. The van der Waals surface area contributed by atoms with E-state index in [1.807, 2.05) is 6.92 Å². The summed E-state index contributed by atoms with van der Waals surface area (Å²) in [5, 5.41) is 0. The third-order valence-corrected chi connectivity index (χ3v) is 4.55. The lowest BCUT2D eigenvalue weighted by Gasteiger charge is -2.43. The molecular formula is C14H28N2O4S. The molecule has 1 amide bonds. The molecule has 1 unspecified atom stereocenters. The van der Waals surface area contributed by atoms with Crippen molar-refractivity contribution in [2.75, 3.05) is 25.4 Å². The summed E-state index contributed by atoms with van der Waals surface area (Å²) in [7, 11) is -4.20. The fourth-order valence-corrected chi connectivity index (χ4v) is 3.40. The molecule has 6 nitrogen and oxygen atoms in total. The van der Waals surface area contributed by atoms with Crippen LogP contribution in [0.5, 0.6) is 0 Å². The molecule has 0 aromatic carbocycles. The molecule has 0 spiro atoms. The van der Waals surface area contributed by atoms with Crippen LogP contribution in [0.4, 0.5) is 0 Å². The Bertz CT molecular complexity index is 440. The predicted molar refractivity (Wildman–Crippen MR) is 82.4 cm³/mol. The van der Waals surface area contributed by atoms with E-state index in [2.05, 4.69) is 13.8 Å². The zero-order chi connectivity index (χ0) is 16.5.